The molecule has 6 rings (SSSR count). The Bertz CT molecular complexity index is 1350. The molecule has 0 saturated carbocycles. The quantitative estimate of drug-likeness (QED) is 0.201. The second-order valence-electron chi connectivity index (χ2n) is 11.6. The molecule has 0 spiro atoms. The van der Waals surface area contributed by atoms with Crippen LogP contribution >= 0.6 is 0 Å². The van der Waals surface area contributed by atoms with Crippen molar-refractivity contribution in [1.29, 1.82) is 0 Å². The third-order valence-corrected chi connectivity index (χ3v) is 8.92. The van der Waals surface area contributed by atoms with Crippen LogP contribution in [-0.2, 0) is 24.1 Å². The molecule has 1 N–H and O–H groups in total. The summed E-state index contributed by atoms with van der Waals surface area (Å²) < 4.78 is 25.5. The van der Waals surface area contributed by atoms with Gasteiger partial charge in [0.05, 0.1) is 37.0 Å². The smallest absolute Gasteiger partial charge is 0.231 e. The normalized spacial score (nSPS) is 16.0. The standard InChI is InChI=1S/C34H45N3O4/c1-3-4-5-6-7-8-10-27-26-11-12-30(38-2)33(35-14-9-15-36-17-19-39-20-18-36)29(26)23-37-16-13-25-21-31-32(41-24-40-31)22-28(25)34(27)37/h11-12,21-23H,3-10,13-20,24H2,1-2H3/p+1. The number of aryl methyl sites for hydroxylation is 3. The van der Waals surface area contributed by atoms with Crippen LogP contribution in [0, 0.1) is 0 Å². The molecule has 1 saturated heterocycles. The van der Waals surface area contributed by atoms with Gasteiger partial charge in [-0.25, -0.2) is 0 Å². The number of aromatic nitrogens is 1. The minimum Gasteiger partial charge on any atom is -0.495 e. The molecule has 0 atom stereocenters. The van der Waals surface area contributed by atoms with E-state index in [2.05, 4.69) is 52.2 Å². The lowest BCUT2D eigenvalue weighted by Gasteiger charge is -2.26. The number of hydrogen-bond acceptors (Lipinski definition) is 6. The number of hydrogen-bond donors (Lipinski definition) is 1. The summed E-state index contributed by atoms with van der Waals surface area (Å²) in [7, 11) is 1.78. The van der Waals surface area contributed by atoms with Crippen LogP contribution in [0.25, 0.3) is 22.0 Å². The van der Waals surface area contributed by atoms with Crippen LogP contribution in [0.4, 0.5) is 5.69 Å². The molecule has 7 nitrogen and oxygen atoms in total. The van der Waals surface area contributed by atoms with Gasteiger partial charge in [-0.2, -0.15) is 4.57 Å². The Morgan fingerprint density at radius 2 is 1.76 bits per heavy atom. The molecule has 0 unspecified atom stereocenters. The maximum absolute atomic E-state index is 5.90. The number of rotatable bonds is 13. The highest BCUT2D eigenvalue weighted by Gasteiger charge is 2.32. The second kappa shape index (κ2) is 13.3. The van der Waals surface area contributed by atoms with E-state index in [1.807, 2.05) is 0 Å². The van der Waals surface area contributed by atoms with Crippen molar-refractivity contribution in [3.05, 3.63) is 41.6 Å². The molecule has 4 heterocycles. The molecule has 2 aromatic carbocycles. The Hall–Kier alpha value is -3.03. The highest BCUT2D eigenvalue weighted by atomic mass is 16.7. The zero-order valence-electron chi connectivity index (χ0n) is 24.9. The lowest BCUT2D eigenvalue weighted by Crippen LogP contribution is -2.41. The van der Waals surface area contributed by atoms with Crippen molar-refractivity contribution in [3.63, 3.8) is 0 Å². The fourth-order valence-electron chi connectivity index (χ4n) is 6.69. The van der Waals surface area contributed by atoms with E-state index in [1.54, 1.807) is 7.11 Å². The van der Waals surface area contributed by atoms with Gasteiger partial charge >= 0.3 is 0 Å². The van der Waals surface area contributed by atoms with Gasteiger partial charge in [-0.1, -0.05) is 39.0 Å². The van der Waals surface area contributed by atoms with Gasteiger partial charge in [0.1, 0.15) is 5.75 Å². The Morgan fingerprint density at radius 3 is 2.59 bits per heavy atom. The summed E-state index contributed by atoms with van der Waals surface area (Å²) in [6.07, 6.45) is 13.2. The number of benzene rings is 2. The average Bonchev–Trinajstić information content (AvgIpc) is 3.47. The van der Waals surface area contributed by atoms with Crippen molar-refractivity contribution in [1.82, 2.24) is 4.90 Å². The molecule has 1 aromatic heterocycles. The van der Waals surface area contributed by atoms with Crippen LogP contribution in [0.5, 0.6) is 17.2 Å². The highest BCUT2D eigenvalue weighted by Crippen LogP contribution is 2.43. The largest absolute Gasteiger partial charge is 0.495 e. The van der Waals surface area contributed by atoms with Crippen molar-refractivity contribution >= 4 is 16.5 Å². The number of nitrogens with one attached hydrogen (secondary N) is 1. The van der Waals surface area contributed by atoms with Crippen LogP contribution in [-0.4, -0.2) is 58.2 Å². The molecule has 0 aliphatic carbocycles. The first kappa shape index (κ1) is 28.1. The van der Waals surface area contributed by atoms with Crippen molar-refractivity contribution in [3.8, 4) is 28.5 Å². The van der Waals surface area contributed by atoms with E-state index < -0.39 is 0 Å². The molecule has 0 bridgehead atoms. The minimum absolute atomic E-state index is 0.306. The van der Waals surface area contributed by atoms with Crippen LogP contribution in [0.15, 0.2) is 30.5 Å². The molecule has 0 amide bonds. The number of fused-ring (bicyclic) bond motifs is 5. The summed E-state index contributed by atoms with van der Waals surface area (Å²) in [6, 6.07) is 8.85. The molecular weight excluding hydrogens is 514 g/mol. The van der Waals surface area contributed by atoms with Crippen molar-refractivity contribution < 1.29 is 23.5 Å². The summed E-state index contributed by atoms with van der Waals surface area (Å²) in [5.41, 5.74) is 6.54. The van der Waals surface area contributed by atoms with E-state index in [9.17, 15) is 0 Å². The lowest BCUT2D eigenvalue weighted by atomic mass is 9.89. The topological polar surface area (TPSA) is 56.1 Å². The predicted octanol–water partition coefficient (Wildman–Crippen LogP) is 6.12. The van der Waals surface area contributed by atoms with E-state index in [0.29, 0.717) is 6.79 Å². The summed E-state index contributed by atoms with van der Waals surface area (Å²) in [6.45, 7) is 9.30. The van der Waals surface area contributed by atoms with Crippen molar-refractivity contribution in [2.24, 2.45) is 0 Å². The first-order valence-electron chi connectivity index (χ1n) is 15.8. The molecule has 220 valence electrons. The maximum atomic E-state index is 5.90. The fraction of sp³-hybridized carbons (Fsp3) is 0.559. The van der Waals surface area contributed by atoms with Gasteiger partial charge in [0.15, 0.2) is 24.2 Å². The van der Waals surface area contributed by atoms with E-state index in [-0.39, 0.29) is 0 Å². The van der Waals surface area contributed by atoms with E-state index in [4.69, 9.17) is 18.9 Å². The summed E-state index contributed by atoms with van der Waals surface area (Å²) >= 11 is 0. The molecule has 0 radical (unpaired) electrons. The van der Waals surface area contributed by atoms with E-state index >= 15 is 0 Å². The summed E-state index contributed by atoms with van der Waals surface area (Å²) in [5.74, 6) is 2.65. The van der Waals surface area contributed by atoms with Gasteiger partial charge < -0.3 is 24.3 Å². The zero-order valence-corrected chi connectivity index (χ0v) is 24.9. The SMILES string of the molecule is CCCCCCCCc1c2[n+](cc3c(NCCCN4CCOCC4)c(OC)ccc13)CCc1cc3c(cc1-2)OCO3. The average molecular weight is 561 g/mol. The number of ether oxygens (including phenoxy) is 4. The number of unbranched alkanes of at least 4 members (excludes halogenated alkanes) is 5. The van der Waals surface area contributed by atoms with Crippen LogP contribution in [0.3, 0.4) is 0 Å². The van der Waals surface area contributed by atoms with Gasteiger partial charge in [0, 0.05) is 31.6 Å². The van der Waals surface area contributed by atoms with Crippen LogP contribution in [0.1, 0.15) is 63.0 Å². The second-order valence-corrected chi connectivity index (χ2v) is 11.6. The molecule has 3 aromatic rings. The summed E-state index contributed by atoms with van der Waals surface area (Å²) in [4.78, 5) is 2.50. The third kappa shape index (κ3) is 6.12. The first-order valence-corrected chi connectivity index (χ1v) is 15.8. The van der Waals surface area contributed by atoms with Gasteiger partial charge in [0.25, 0.3) is 0 Å². The molecule has 3 aliphatic heterocycles. The van der Waals surface area contributed by atoms with Gasteiger partial charge in [0.2, 0.25) is 12.5 Å². The third-order valence-electron chi connectivity index (χ3n) is 8.92. The number of methoxy groups -OCH3 is 1. The molecule has 3 aliphatic rings. The van der Waals surface area contributed by atoms with Crippen LogP contribution < -0.4 is 24.1 Å². The monoisotopic (exact) mass is 560 g/mol. The Kier molecular flexibility index (Phi) is 9.12. The Labute approximate surface area is 244 Å². The fourth-order valence-corrected chi connectivity index (χ4v) is 6.69. The van der Waals surface area contributed by atoms with Gasteiger partial charge in [-0.3, -0.25) is 4.90 Å². The van der Waals surface area contributed by atoms with Crippen LogP contribution in [0.2, 0.25) is 0 Å². The van der Waals surface area contributed by atoms with E-state index in [0.717, 1.165) is 88.1 Å². The zero-order chi connectivity index (χ0) is 28.0. The Balaban J connectivity index is 1.34. The molecular formula is C34H46N3O4+. The number of pyridine rings is 1. The number of anilines is 1. The molecule has 1 fully saturated rings. The molecule has 41 heavy (non-hydrogen) atoms. The maximum Gasteiger partial charge on any atom is 0.231 e. The summed E-state index contributed by atoms with van der Waals surface area (Å²) in [5, 5.41) is 6.37. The number of morpholine rings is 1. The van der Waals surface area contributed by atoms with Crippen molar-refractivity contribution in [2.45, 2.75) is 71.3 Å². The number of nitrogens with zero attached hydrogens (tertiary/aromatic N) is 2. The lowest BCUT2D eigenvalue weighted by molar-refractivity contribution is -0.686. The highest BCUT2D eigenvalue weighted by molar-refractivity contribution is 6.00. The van der Waals surface area contributed by atoms with Gasteiger partial charge in [-0.15, -0.1) is 0 Å². The van der Waals surface area contributed by atoms with Crippen molar-refractivity contribution in [2.75, 3.05) is 58.6 Å². The molecule has 7 heteroatoms. The predicted molar refractivity (Wildman–Crippen MR) is 163 cm³/mol. The Morgan fingerprint density at radius 1 is 0.951 bits per heavy atom. The van der Waals surface area contributed by atoms with E-state index in [1.165, 1.54) is 71.7 Å². The minimum atomic E-state index is 0.306. The van der Waals surface area contributed by atoms with Gasteiger partial charge in [-0.05, 0) is 61.0 Å². The first-order chi connectivity index (χ1) is 20.3.